The average Bonchev–Trinajstić information content (AvgIpc) is 2.75. The Labute approximate surface area is 125 Å². The van der Waals surface area contributed by atoms with E-state index in [9.17, 15) is 23.2 Å². The van der Waals surface area contributed by atoms with Crippen molar-refractivity contribution in [3.05, 3.63) is 16.0 Å². The zero-order valence-electron chi connectivity index (χ0n) is 11.8. The van der Waals surface area contributed by atoms with E-state index in [1.54, 1.807) is 0 Å². The van der Waals surface area contributed by atoms with E-state index in [1.165, 1.54) is 6.92 Å². The summed E-state index contributed by atoms with van der Waals surface area (Å²) >= 11 is 1.15. The number of carbonyl (C=O) groups excluding carboxylic acids is 1. The van der Waals surface area contributed by atoms with Crippen molar-refractivity contribution in [3.63, 3.8) is 0 Å². The van der Waals surface area contributed by atoms with Crippen molar-refractivity contribution < 1.29 is 18.0 Å². The van der Waals surface area contributed by atoms with Gasteiger partial charge in [0.1, 0.15) is 11.1 Å². The van der Waals surface area contributed by atoms with Crippen LogP contribution in [0.25, 0.3) is 0 Å². The van der Waals surface area contributed by atoms with E-state index >= 15 is 0 Å². The molecule has 7 heteroatoms. The highest BCUT2D eigenvalue weighted by atomic mass is 32.1. The summed E-state index contributed by atoms with van der Waals surface area (Å²) in [6.45, 7) is 3.45. The predicted molar refractivity (Wildman–Crippen MR) is 74.3 cm³/mol. The van der Waals surface area contributed by atoms with Crippen LogP contribution >= 0.6 is 11.3 Å². The fourth-order valence-electron chi connectivity index (χ4n) is 2.57. The van der Waals surface area contributed by atoms with Gasteiger partial charge in [0.25, 0.3) is 0 Å². The number of fused-ring (bicyclic) bond motifs is 1. The molecule has 2 rings (SSSR count). The van der Waals surface area contributed by atoms with Gasteiger partial charge in [-0.05, 0) is 37.7 Å². The van der Waals surface area contributed by atoms with Crippen LogP contribution in [0.4, 0.5) is 18.2 Å². The minimum atomic E-state index is -4.93. The highest BCUT2D eigenvalue weighted by Crippen LogP contribution is 2.41. The Hall–Kier alpha value is -1.55. The Morgan fingerprint density at radius 1 is 1.52 bits per heavy atom. The minimum Gasteiger partial charge on any atom is -0.295 e. The van der Waals surface area contributed by atoms with E-state index in [-0.39, 0.29) is 17.1 Å². The van der Waals surface area contributed by atoms with Gasteiger partial charge in [-0.15, -0.1) is 11.3 Å². The maximum absolute atomic E-state index is 12.7. The van der Waals surface area contributed by atoms with Crippen LogP contribution in [-0.4, -0.2) is 18.6 Å². The van der Waals surface area contributed by atoms with Crippen LogP contribution in [0, 0.1) is 17.2 Å². The number of anilines is 1. The van der Waals surface area contributed by atoms with Gasteiger partial charge in [0.15, 0.2) is 0 Å². The molecule has 1 aliphatic rings. The third kappa shape index (κ3) is 2.91. The number of alkyl halides is 3. The number of amides is 1. The molecule has 1 aromatic heterocycles. The predicted octanol–water partition coefficient (Wildman–Crippen LogP) is 3.66. The van der Waals surface area contributed by atoms with Gasteiger partial charge in [-0.1, -0.05) is 6.92 Å². The molecule has 0 aliphatic heterocycles. The molecular formula is C14H15F3N2OS. The molecule has 1 aliphatic carbocycles. The van der Waals surface area contributed by atoms with E-state index in [2.05, 4.69) is 6.92 Å². The van der Waals surface area contributed by atoms with Crippen LogP contribution in [0.3, 0.4) is 0 Å². The molecule has 0 fully saturated rings. The molecule has 3 nitrogen and oxygen atoms in total. The lowest BCUT2D eigenvalue weighted by molar-refractivity contribution is -0.170. The highest BCUT2D eigenvalue weighted by molar-refractivity contribution is 7.16. The standard InChI is InChI=1S/C14H15F3N2OS/c1-3-19(13(20)14(15,16)17)12-10(7-18)9-5-4-8(2)6-11(9)21-12/h8H,3-6H2,1-2H3. The second-order valence-electron chi connectivity index (χ2n) is 5.19. The minimum absolute atomic E-state index is 0.109. The SMILES string of the molecule is CCN(C(=O)C(F)(F)F)c1sc2c(c1C#N)CCC(C)C2. The highest BCUT2D eigenvalue weighted by Gasteiger charge is 2.44. The van der Waals surface area contributed by atoms with E-state index in [0.29, 0.717) is 17.2 Å². The molecule has 1 atom stereocenters. The van der Waals surface area contributed by atoms with Gasteiger partial charge >= 0.3 is 12.1 Å². The van der Waals surface area contributed by atoms with Gasteiger partial charge < -0.3 is 0 Å². The lowest BCUT2D eigenvalue weighted by atomic mass is 9.88. The third-order valence-corrected chi connectivity index (χ3v) is 4.93. The van der Waals surface area contributed by atoms with Crippen LogP contribution in [-0.2, 0) is 17.6 Å². The zero-order chi connectivity index (χ0) is 15.8. The summed E-state index contributed by atoms with van der Waals surface area (Å²) in [5, 5.41) is 9.44. The first-order valence-corrected chi connectivity index (χ1v) is 7.54. The van der Waals surface area contributed by atoms with Gasteiger partial charge in [0.05, 0.1) is 5.56 Å². The number of carbonyl (C=O) groups is 1. The molecule has 0 aromatic carbocycles. The summed E-state index contributed by atoms with van der Waals surface area (Å²) in [7, 11) is 0. The average molecular weight is 316 g/mol. The quantitative estimate of drug-likeness (QED) is 0.836. The zero-order valence-corrected chi connectivity index (χ0v) is 12.6. The van der Waals surface area contributed by atoms with Crippen LogP contribution in [0.15, 0.2) is 0 Å². The lowest BCUT2D eigenvalue weighted by Gasteiger charge is -2.20. The molecule has 1 heterocycles. The first kappa shape index (κ1) is 15.8. The van der Waals surface area contributed by atoms with Crippen LogP contribution in [0.1, 0.15) is 36.3 Å². The first-order valence-electron chi connectivity index (χ1n) is 6.72. The molecule has 0 N–H and O–H groups in total. The van der Waals surface area contributed by atoms with E-state index < -0.39 is 12.1 Å². The molecule has 0 saturated carbocycles. The van der Waals surface area contributed by atoms with E-state index in [1.807, 2.05) is 6.07 Å². The van der Waals surface area contributed by atoms with Gasteiger partial charge in [0.2, 0.25) is 0 Å². The van der Waals surface area contributed by atoms with Crippen LogP contribution in [0.2, 0.25) is 0 Å². The smallest absolute Gasteiger partial charge is 0.295 e. The Morgan fingerprint density at radius 2 is 2.19 bits per heavy atom. The molecule has 1 aromatic rings. The second kappa shape index (κ2) is 5.68. The van der Waals surface area contributed by atoms with Crippen molar-refractivity contribution in [1.29, 1.82) is 5.26 Å². The summed E-state index contributed by atoms with van der Waals surface area (Å²) in [4.78, 5) is 13.2. The molecule has 1 amide bonds. The van der Waals surface area contributed by atoms with Crippen molar-refractivity contribution >= 4 is 22.2 Å². The Morgan fingerprint density at radius 3 is 2.71 bits per heavy atom. The summed E-state index contributed by atoms with van der Waals surface area (Å²) in [6, 6.07) is 1.99. The normalized spacial score (nSPS) is 18.0. The lowest BCUT2D eigenvalue weighted by Crippen LogP contribution is -2.41. The van der Waals surface area contributed by atoms with Crippen molar-refractivity contribution in [3.8, 4) is 6.07 Å². The van der Waals surface area contributed by atoms with Gasteiger partial charge in [-0.3, -0.25) is 9.69 Å². The van der Waals surface area contributed by atoms with Crippen molar-refractivity contribution in [1.82, 2.24) is 0 Å². The summed E-state index contributed by atoms with van der Waals surface area (Å²) in [5.74, 6) is -1.46. The fraction of sp³-hybridized carbons (Fsp3) is 0.571. The second-order valence-corrected chi connectivity index (χ2v) is 6.27. The molecular weight excluding hydrogens is 301 g/mol. The number of rotatable bonds is 2. The van der Waals surface area contributed by atoms with Gasteiger partial charge in [-0.2, -0.15) is 18.4 Å². The Bertz CT molecular complexity index is 601. The van der Waals surface area contributed by atoms with Gasteiger partial charge in [-0.25, -0.2) is 0 Å². The third-order valence-electron chi connectivity index (χ3n) is 3.65. The fourth-order valence-corrected chi connectivity index (χ4v) is 4.10. The van der Waals surface area contributed by atoms with E-state index in [0.717, 1.165) is 34.6 Å². The van der Waals surface area contributed by atoms with Crippen molar-refractivity contribution in [2.24, 2.45) is 5.92 Å². The molecule has 114 valence electrons. The molecule has 21 heavy (non-hydrogen) atoms. The summed E-state index contributed by atoms with van der Waals surface area (Å²) < 4.78 is 38.1. The first-order chi connectivity index (χ1) is 9.79. The largest absolute Gasteiger partial charge is 0.471 e. The van der Waals surface area contributed by atoms with Crippen LogP contribution < -0.4 is 4.90 Å². The maximum atomic E-state index is 12.7. The number of nitriles is 1. The summed E-state index contributed by atoms with van der Waals surface area (Å²) in [6.07, 6.45) is -2.57. The summed E-state index contributed by atoms with van der Waals surface area (Å²) in [5.41, 5.74) is 1.06. The number of nitrogens with zero attached hydrogens (tertiary/aromatic N) is 2. The number of hydrogen-bond donors (Lipinski definition) is 0. The van der Waals surface area contributed by atoms with Crippen LogP contribution in [0.5, 0.6) is 0 Å². The molecule has 0 radical (unpaired) electrons. The number of hydrogen-bond acceptors (Lipinski definition) is 3. The van der Waals surface area contributed by atoms with Crippen molar-refractivity contribution in [2.75, 3.05) is 11.4 Å². The van der Waals surface area contributed by atoms with Gasteiger partial charge in [0, 0.05) is 11.4 Å². The monoisotopic (exact) mass is 316 g/mol. The molecule has 0 bridgehead atoms. The Balaban J connectivity index is 2.48. The number of halogens is 3. The van der Waals surface area contributed by atoms with E-state index in [4.69, 9.17) is 0 Å². The number of thiophene rings is 1. The Kier molecular flexibility index (Phi) is 4.28. The van der Waals surface area contributed by atoms with Crippen molar-refractivity contribution in [2.45, 2.75) is 39.3 Å². The topological polar surface area (TPSA) is 44.1 Å². The molecule has 0 spiro atoms. The molecule has 1 unspecified atom stereocenters. The maximum Gasteiger partial charge on any atom is 0.471 e. The molecule has 0 saturated heterocycles.